The minimum absolute atomic E-state index is 0.0347. The van der Waals surface area contributed by atoms with E-state index in [2.05, 4.69) is 20.7 Å². The Labute approximate surface area is 243 Å². The second kappa shape index (κ2) is 16.3. The van der Waals surface area contributed by atoms with Crippen molar-refractivity contribution in [2.24, 2.45) is 5.92 Å². The van der Waals surface area contributed by atoms with Crippen molar-refractivity contribution in [3.63, 3.8) is 0 Å². The molecule has 1 aliphatic rings. The topological polar surface area (TPSA) is 120 Å². The Hall–Kier alpha value is -2.01. The van der Waals surface area contributed by atoms with Crippen molar-refractivity contribution in [2.75, 3.05) is 19.6 Å². The monoisotopic (exact) mass is 603 g/mol. The lowest BCUT2D eigenvalue weighted by Gasteiger charge is -2.27. The molecule has 39 heavy (non-hydrogen) atoms. The Morgan fingerprint density at radius 1 is 1.08 bits per heavy atom. The number of allylic oxidation sites excluding steroid dienone is 1. The maximum atomic E-state index is 13.0. The molecule has 12 heteroatoms. The fraction of sp³-hybridized carbons (Fsp3) is 0.630. The number of nitrogens with zero attached hydrogens (tertiary/aromatic N) is 1. The highest BCUT2D eigenvalue weighted by atomic mass is 35.5. The molecule has 0 aliphatic heterocycles. The van der Waals surface area contributed by atoms with Gasteiger partial charge in [-0.1, -0.05) is 62.4 Å². The van der Waals surface area contributed by atoms with Gasteiger partial charge in [-0.25, -0.2) is 22.7 Å². The molecule has 220 valence electrons. The van der Waals surface area contributed by atoms with Crippen LogP contribution in [0.2, 0.25) is 10.0 Å². The smallest absolute Gasteiger partial charge is 0.319 e. The molecule has 0 atom stereocenters. The third-order valence-corrected chi connectivity index (χ3v) is 8.32. The van der Waals surface area contributed by atoms with Gasteiger partial charge in [0.25, 0.3) is 0 Å². The zero-order valence-electron chi connectivity index (χ0n) is 23.4. The van der Waals surface area contributed by atoms with E-state index >= 15 is 0 Å². The van der Waals surface area contributed by atoms with Crippen LogP contribution < -0.4 is 20.7 Å². The summed E-state index contributed by atoms with van der Waals surface area (Å²) in [6, 6.07) is 3.83. The molecule has 0 spiro atoms. The first-order chi connectivity index (χ1) is 18.4. The minimum atomic E-state index is -3.80. The lowest BCUT2D eigenvalue weighted by molar-refractivity contribution is 0.196. The average Bonchev–Trinajstić information content (AvgIpc) is 2.82. The third-order valence-electron chi connectivity index (χ3n) is 6.14. The lowest BCUT2D eigenvalue weighted by Crippen LogP contribution is -2.48. The van der Waals surface area contributed by atoms with Crippen molar-refractivity contribution in [2.45, 2.75) is 89.6 Å². The van der Waals surface area contributed by atoms with Crippen LogP contribution >= 0.6 is 23.2 Å². The number of amides is 4. The molecule has 0 bridgehead atoms. The Morgan fingerprint density at radius 3 is 2.38 bits per heavy atom. The summed E-state index contributed by atoms with van der Waals surface area (Å²) in [5.41, 5.74) is 0.648. The highest BCUT2D eigenvalue weighted by Gasteiger charge is 2.21. The molecular weight excluding hydrogens is 561 g/mol. The van der Waals surface area contributed by atoms with Crippen LogP contribution in [0.25, 0.3) is 0 Å². The number of hydrogen-bond donors (Lipinski definition) is 4. The van der Waals surface area contributed by atoms with Gasteiger partial charge < -0.3 is 20.9 Å². The summed E-state index contributed by atoms with van der Waals surface area (Å²) in [7, 11) is -3.80. The highest BCUT2D eigenvalue weighted by molar-refractivity contribution is 7.89. The number of rotatable bonds is 13. The Balaban J connectivity index is 1.98. The number of carbonyl (C=O) groups is 2. The maximum Gasteiger partial charge on any atom is 0.319 e. The molecule has 1 aromatic rings. The molecule has 9 nitrogen and oxygen atoms in total. The number of carbonyl (C=O) groups excluding carboxylic acids is 2. The molecule has 1 aromatic carbocycles. The van der Waals surface area contributed by atoms with E-state index in [-0.39, 0.29) is 53.1 Å². The molecule has 4 N–H and O–H groups in total. The predicted molar refractivity (Wildman–Crippen MR) is 158 cm³/mol. The second-order valence-corrected chi connectivity index (χ2v) is 13.2. The molecule has 0 unspecified atom stereocenters. The van der Waals surface area contributed by atoms with E-state index in [4.69, 9.17) is 23.2 Å². The number of benzene rings is 1. The molecular formula is C27H43Cl2N5O4S. The van der Waals surface area contributed by atoms with Crippen molar-refractivity contribution in [3.8, 4) is 0 Å². The average molecular weight is 605 g/mol. The van der Waals surface area contributed by atoms with Gasteiger partial charge in [-0.2, -0.15) is 0 Å². The van der Waals surface area contributed by atoms with Gasteiger partial charge in [0.1, 0.15) is 4.90 Å². The van der Waals surface area contributed by atoms with Crippen molar-refractivity contribution >= 4 is 45.3 Å². The van der Waals surface area contributed by atoms with E-state index in [0.29, 0.717) is 30.1 Å². The van der Waals surface area contributed by atoms with Crippen LogP contribution in [0.4, 0.5) is 9.59 Å². The van der Waals surface area contributed by atoms with Gasteiger partial charge in [-0.05, 0) is 63.6 Å². The highest BCUT2D eigenvalue weighted by Crippen LogP contribution is 2.24. The van der Waals surface area contributed by atoms with Gasteiger partial charge in [0.05, 0.1) is 11.6 Å². The standard InChI is InChI=1S/C27H43Cl2N5O4S/c1-19(2)16-23(33-26(35)32-22-10-6-5-7-11-22)18-34(27(36)31-20(3)4)15-9-8-14-30-39(37,38)25-13-12-21(28)17-24(25)29/h12-13,16-17,19-20,22,30H,5-11,14-15,18H2,1-4H3,(H,31,36)(H2,32,33,35)/b23-16-. The molecule has 1 aliphatic carbocycles. The van der Waals surface area contributed by atoms with Gasteiger partial charge in [-0.3, -0.25) is 0 Å². The normalized spacial score (nSPS) is 14.9. The van der Waals surface area contributed by atoms with Gasteiger partial charge >= 0.3 is 12.1 Å². The van der Waals surface area contributed by atoms with Crippen LogP contribution in [0.3, 0.4) is 0 Å². The fourth-order valence-electron chi connectivity index (χ4n) is 4.35. The SMILES string of the molecule is CC(C)/C=C(/CN(CCCCNS(=O)(=O)c1ccc(Cl)cc1Cl)C(=O)NC(C)C)NC(=O)NC1CCCCC1. The van der Waals surface area contributed by atoms with Crippen LogP contribution in [-0.4, -0.2) is 57.1 Å². The fourth-order valence-corrected chi connectivity index (χ4v) is 6.20. The van der Waals surface area contributed by atoms with Crippen molar-refractivity contribution < 1.29 is 18.0 Å². The largest absolute Gasteiger partial charge is 0.336 e. The van der Waals surface area contributed by atoms with Crippen LogP contribution in [0.5, 0.6) is 0 Å². The van der Waals surface area contributed by atoms with E-state index in [1.807, 2.05) is 33.8 Å². The maximum absolute atomic E-state index is 13.0. The van der Waals surface area contributed by atoms with E-state index < -0.39 is 10.0 Å². The summed E-state index contributed by atoms with van der Waals surface area (Å²) in [4.78, 5) is 27.3. The third kappa shape index (κ3) is 12.4. The van der Waals surface area contributed by atoms with Crippen molar-refractivity contribution in [3.05, 3.63) is 40.0 Å². The number of sulfonamides is 1. The first-order valence-electron chi connectivity index (χ1n) is 13.7. The zero-order chi connectivity index (χ0) is 29.0. The molecule has 2 rings (SSSR count). The quantitative estimate of drug-likeness (QED) is 0.218. The Kier molecular flexibility index (Phi) is 13.9. The van der Waals surface area contributed by atoms with Gasteiger partial charge in [0, 0.05) is 35.9 Å². The van der Waals surface area contributed by atoms with Crippen LogP contribution in [0.15, 0.2) is 34.9 Å². The summed E-state index contributed by atoms with van der Waals surface area (Å²) >= 11 is 11.9. The minimum Gasteiger partial charge on any atom is -0.336 e. The lowest BCUT2D eigenvalue weighted by atomic mass is 9.96. The molecule has 4 amide bonds. The Bertz CT molecular complexity index is 1090. The van der Waals surface area contributed by atoms with Crippen molar-refractivity contribution in [1.82, 2.24) is 25.6 Å². The summed E-state index contributed by atoms with van der Waals surface area (Å²) in [5.74, 6) is 0.166. The number of urea groups is 2. The summed E-state index contributed by atoms with van der Waals surface area (Å²) in [5, 5.41) is 9.34. The first kappa shape index (κ1) is 33.2. The molecule has 0 saturated heterocycles. The van der Waals surface area contributed by atoms with Crippen LogP contribution in [-0.2, 0) is 10.0 Å². The van der Waals surface area contributed by atoms with Gasteiger partial charge in [0.15, 0.2) is 0 Å². The predicted octanol–water partition coefficient (Wildman–Crippen LogP) is 5.64. The zero-order valence-corrected chi connectivity index (χ0v) is 25.7. The van der Waals surface area contributed by atoms with E-state index in [1.54, 1.807) is 4.90 Å². The number of halogens is 2. The molecule has 0 aromatic heterocycles. The molecule has 0 radical (unpaired) electrons. The van der Waals surface area contributed by atoms with Crippen LogP contribution in [0, 0.1) is 5.92 Å². The number of unbranched alkanes of at least 4 members (excludes halogenated alkanes) is 1. The van der Waals surface area contributed by atoms with E-state index in [9.17, 15) is 18.0 Å². The summed E-state index contributed by atoms with van der Waals surface area (Å²) in [6.45, 7) is 8.57. The number of hydrogen-bond acceptors (Lipinski definition) is 4. The molecule has 1 fully saturated rings. The second-order valence-electron chi connectivity index (χ2n) is 10.6. The van der Waals surface area contributed by atoms with Gasteiger partial charge in [-0.15, -0.1) is 0 Å². The summed E-state index contributed by atoms with van der Waals surface area (Å²) in [6.07, 6.45) is 8.38. The van der Waals surface area contributed by atoms with E-state index in [0.717, 1.165) is 25.7 Å². The first-order valence-corrected chi connectivity index (χ1v) is 15.9. The molecule has 0 heterocycles. The Morgan fingerprint density at radius 2 is 1.77 bits per heavy atom. The van der Waals surface area contributed by atoms with E-state index in [1.165, 1.54) is 24.6 Å². The van der Waals surface area contributed by atoms with Crippen LogP contribution in [0.1, 0.15) is 72.6 Å². The molecule has 1 saturated carbocycles. The van der Waals surface area contributed by atoms with Gasteiger partial charge in [0.2, 0.25) is 10.0 Å². The van der Waals surface area contributed by atoms with Crippen molar-refractivity contribution in [1.29, 1.82) is 0 Å². The number of nitrogens with one attached hydrogen (secondary N) is 4. The summed E-state index contributed by atoms with van der Waals surface area (Å²) < 4.78 is 27.8.